The summed E-state index contributed by atoms with van der Waals surface area (Å²) in [6.07, 6.45) is 1.38. The van der Waals surface area contributed by atoms with E-state index < -0.39 is 0 Å². The van der Waals surface area contributed by atoms with Crippen LogP contribution >= 0.6 is 27.7 Å². The van der Waals surface area contributed by atoms with Gasteiger partial charge < -0.3 is 11.2 Å². The number of carbonyl (C=O) groups excluding carboxylic acids is 1. The van der Waals surface area contributed by atoms with Crippen LogP contribution in [0, 0.1) is 0 Å². The molecule has 1 aromatic carbocycles. The van der Waals surface area contributed by atoms with Crippen molar-refractivity contribution in [3.05, 3.63) is 35.1 Å². The van der Waals surface area contributed by atoms with Gasteiger partial charge in [-0.05, 0) is 28.1 Å². The van der Waals surface area contributed by atoms with E-state index in [1.54, 1.807) is 0 Å². The van der Waals surface area contributed by atoms with E-state index in [1.165, 1.54) is 22.8 Å². The second-order valence-corrected chi connectivity index (χ2v) is 5.13. The molecule has 0 saturated heterocycles. The molecule has 0 aliphatic carbocycles. The molecule has 0 fully saturated rings. The van der Waals surface area contributed by atoms with Gasteiger partial charge in [0.15, 0.2) is 0 Å². The number of hydrogen-bond acceptors (Lipinski definition) is 5. The van der Waals surface area contributed by atoms with Gasteiger partial charge in [0.1, 0.15) is 6.33 Å². The van der Waals surface area contributed by atoms with Crippen molar-refractivity contribution in [1.29, 1.82) is 0 Å². The minimum atomic E-state index is -0.130. The number of halogens is 1. The molecule has 1 aromatic heterocycles. The third-order valence-electron chi connectivity index (χ3n) is 2.02. The molecule has 0 saturated carbocycles. The number of nitrogens with zero attached hydrogens (tertiary/aromatic N) is 3. The average Bonchev–Trinajstić information content (AvgIpc) is 2.75. The third kappa shape index (κ3) is 3.23. The van der Waals surface area contributed by atoms with Crippen molar-refractivity contribution in [3.8, 4) is 0 Å². The zero-order valence-corrected chi connectivity index (χ0v) is 11.6. The highest BCUT2D eigenvalue weighted by Gasteiger charge is 2.08. The molecule has 8 heteroatoms. The van der Waals surface area contributed by atoms with Gasteiger partial charge in [-0.25, -0.2) is 4.68 Å². The summed E-state index contributed by atoms with van der Waals surface area (Å²) < 4.78 is 2.11. The molecule has 0 aliphatic rings. The van der Waals surface area contributed by atoms with E-state index in [0.29, 0.717) is 5.16 Å². The predicted molar refractivity (Wildman–Crippen MR) is 73.7 cm³/mol. The molecular weight excluding hydrogens is 318 g/mol. The molecule has 0 radical (unpaired) electrons. The van der Waals surface area contributed by atoms with Crippen LogP contribution in [0.15, 0.2) is 40.2 Å². The number of nitrogens with two attached hydrogens (primary N) is 1. The monoisotopic (exact) mass is 327 g/mol. The Balaban J connectivity index is 1.90. The van der Waals surface area contributed by atoms with Gasteiger partial charge in [0, 0.05) is 4.47 Å². The lowest BCUT2D eigenvalue weighted by atomic mass is 10.3. The Bertz CT molecular complexity index is 559. The number of amides is 1. The number of thioether (sulfide) groups is 1. The van der Waals surface area contributed by atoms with E-state index in [1.807, 2.05) is 24.3 Å². The molecule has 6 nitrogen and oxygen atoms in total. The van der Waals surface area contributed by atoms with E-state index in [0.717, 1.165) is 10.2 Å². The van der Waals surface area contributed by atoms with E-state index in [-0.39, 0.29) is 11.7 Å². The van der Waals surface area contributed by atoms with Gasteiger partial charge in [-0.2, -0.15) is 0 Å². The molecular formula is C10H10BrN5OS. The SMILES string of the molecule is Nn1cnnc1SCC(=O)Nc1ccccc1Br. The van der Waals surface area contributed by atoms with Gasteiger partial charge in [-0.1, -0.05) is 23.9 Å². The minimum absolute atomic E-state index is 0.130. The molecule has 3 N–H and O–H groups in total. The molecule has 2 aromatic rings. The molecule has 2 rings (SSSR count). The number of nitrogens with one attached hydrogen (secondary N) is 1. The summed E-state index contributed by atoms with van der Waals surface area (Å²) >= 11 is 4.58. The summed E-state index contributed by atoms with van der Waals surface area (Å²) in [5.74, 6) is 5.62. The van der Waals surface area contributed by atoms with Gasteiger partial charge >= 0.3 is 0 Å². The maximum absolute atomic E-state index is 11.7. The summed E-state index contributed by atoms with van der Waals surface area (Å²) in [7, 11) is 0. The molecule has 18 heavy (non-hydrogen) atoms. The molecule has 0 unspecified atom stereocenters. The Hall–Kier alpha value is -1.54. The van der Waals surface area contributed by atoms with Crippen molar-refractivity contribution in [2.45, 2.75) is 5.16 Å². The van der Waals surface area contributed by atoms with Crippen molar-refractivity contribution in [2.75, 3.05) is 16.9 Å². The first-order valence-electron chi connectivity index (χ1n) is 4.99. The molecule has 0 aliphatic heterocycles. The number of para-hydroxylation sites is 1. The number of aromatic nitrogens is 3. The van der Waals surface area contributed by atoms with Crippen molar-refractivity contribution >= 4 is 39.3 Å². The normalized spacial score (nSPS) is 10.3. The molecule has 0 bridgehead atoms. The highest BCUT2D eigenvalue weighted by atomic mass is 79.9. The number of nitrogen functional groups attached to an aromatic ring is 1. The standard InChI is InChI=1S/C10H10BrN5OS/c11-7-3-1-2-4-8(7)14-9(17)5-18-10-15-13-6-16(10)12/h1-4,6H,5,12H2,(H,14,17). The topological polar surface area (TPSA) is 85.8 Å². The van der Waals surface area contributed by atoms with Crippen LogP contribution in [-0.2, 0) is 4.79 Å². The summed E-state index contributed by atoms with van der Waals surface area (Å²) in [4.78, 5) is 11.7. The highest BCUT2D eigenvalue weighted by molar-refractivity contribution is 9.10. The largest absolute Gasteiger partial charge is 0.336 e. The van der Waals surface area contributed by atoms with Gasteiger partial charge in [-0.15, -0.1) is 10.2 Å². The van der Waals surface area contributed by atoms with E-state index >= 15 is 0 Å². The summed E-state index contributed by atoms with van der Waals surface area (Å²) in [5, 5.41) is 10.7. The smallest absolute Gasteiger partial charge is 0.234 e. The highest BCUT2D eigenvalue weighted by Crippen LogP contribution is 2.21. The molecule has 1 heterocycles. The van der Waals surface area contributed by atoms with Gasteiger partial charge in [0.25, 0.3) is 0 Å². The van der Waals surface area contributed by atoms with Gasteiger partial charge in [0.2, 0.25) is 11.1 Å². The van der Waals surface area contributed by atoms with Crippen LogP contribution in [0.5, 0.6) is 0 Å². The zero-order valence-electron chi connectivity index (χ0n) is 9.21. The van der Waals surface area contributed by atoms with E-state index in [2.05, 4.69) is 31.4 Å². The number of hydrogen-bond donors (Lipinski definition) is 2. The first kappa shape index (κ1) is 12.9. The minimum Gasteiger partial charge on any atom is -0.336 e. The van der Waals surface area contributed by atoms with Crippen LogP contribution in [0.1, 0.15) is 0 Å². The first-order valence-corrected chi connectivity index (χ1v) is 6.77. The lowest BCUT2D eigenvalue weighted by Crippen LogP contribution is -2.15. The van der Waals surface area contributed by atoms with Crippen LogP contribution in [0.3, 0.4) is 0 Å². The Morgan fingerprint density at radius 1 is 1.50 bits per heavy atom. The van der Waals surface area contributed by atoms with Crippen LogP contribution in [-0.4, -0.2) is 26.5 Å². The van der Waals surface area contributed by atoms with Crippen LogP contribution < -0.4 is 11.2 Å². The van der Waals surface area contributed by atoms with Crippen LogP contribution in [0.4, 0.5) is 5.69 Å². The Labute approximate surface area is 116 Å². The second-order valence-electron chi connectivity index (χ2n) is 3.34. The lowest BCUT2D eigenvalue weighted by Gasteiger charge is -2.06. The fourth-order valence-electron chi connectivity index (χ4n) is 1.21. The lowest BCUT2D eigenvalue weighted by molar-refractivity contribution is -0.113. The number of anilines is 1. The van der Waals surface area contributed by atoms with E-state index in [4.69, 9.17) is 5.84 Å². The molecule has 0 spiro atoms. The van der Waals surface area contributed by atoms with Gasteiger partial charge in [-0.3, -0.25) is 4.79 Å². The Kier molecular flexibility index (Phi) is 4.21. The quantitative estimate of drug-likeness (QED) is 0.656. The fraction of sp³-hybridized carbons (Fsp3) is 0.100. The van der Waals surface area contributed by atoms with Crippen LogP contribution in [0.2, 0.25) is 0 Å². The van der Waals surface area contributed by atoms with Crippen molar-refractivity contribution in [2.24, 2.45) is 0 Å². The number of carbonyl (C=O) groups is 1. The first-order chi connectivity index (χ1) is 8.66. The third-order valence-corrected chi connectivity index (χ3v) is 3.67. The number of rotatable bonds is 4. The zero-order chi connectivity index (χ0) is 13.0. The van der Waals surface area contributed by atoms with Gasteiger partial charge in [0.05, 0.1) is 11.4 Å². The molecule has 0 atom stereocenters. The van der Waals surface area contributed by atoms with Crippen molar-refractivity contribution in [3.63, 3.8) is 0 Å². The Morgan fingerprint density at radius 3 is 2.94 bits per heavy atom. The van der Waals surface area contributed by atoms with Crippen LogP contribution in [0.25, 0.3) is 0 Å². The van der Waals surface area contributed by atoms with E-state index in [9.17, 15) is 4.79 Å². The average molecular weight is 328 g/mol. The molecule has 94 valence electrons. The second kappa shape index (κ2) is 5.87. The summed E-state index contributed by atoms with van der Waals surface area (Å²) in [5.41, 5.74) is 0.734. The Morgan fingerprint density at radius 2 is 2.28 bits per heavy atom. The predicted octanol–water partition coefficient (Wildman–Crippen LogP) is 1.49. The maximum atomic E-state index is 11.7. The summed E-state index contributed by atoms with van der Waals surface area (Å²) in [6, 6.07) is 7.41. The molecule has 1 amide bonds. The van der Waals surface area contributed by atoms with Crippen molar-refractivity contribution in [1.82, 2.24) is 14.9 Å². The van der Waals surface area contributed by atoms with Crippen molar-refractivity contribution < 1.29 is 4.79 Å². The number of benzene rings is 1. The maximum Gasteiger partial charge on any atom is 0.234 e. The summed E-state index contributed by atoms with van der Waals surface area (Å²) in [6.45, 7) is 0. The fourth-order valence-corrected chi connectivity index (χ4v) is 2.23.